The Bertz CT molecular complexity index is 918. The van der Waals surface area contributed by atoms with Crippen molar-refractivity contribution in [3.05, 3.63) is 47.0 Å². The molecule has 3 N–H and O–H groups in total. The number of amides is 1. The summed E-state index contributed by atoms with van der Waals surface area (Å²) < 4.78 is 6.59. The lowest BCUT2D eigenvalue weighted by Gasteiger charge is -2.13. The number of ether oxygens (including phenoxy) is 1. The Hall–Kier alpha value is -2.60. The molecule has 1 aromatic heterocycles. The van der Waals surface area contributed by atoms with E-state index in [2.05, 4.69) is 10.3 Å². The number of para-hydroxylation sites is 1. The van der Waals surface area contributed by atoms with Gasteiger partial charge in [0.1, 0.15) is 5.75 Å². The third kappa shape index (κ3) is 3.19. The number of hydrogen-bond donors (Lipinski definition) is 2. The molecule has 0 saturated heterocycles. The van der Waals surface area contributed by atoms with Crippen molar-refractivity contribution >= 4 is 38.3 Å². The number of rotatable bonds is 4. The van der Waals surface area contributed by atoms with Gasteiger partial charge in [0, 0.05) is 5.69 Å². The van der Waals surface area contributed by atoms with Gasteiger partial charge >= 0.3 is 0 Å². The van der Waals surface area contributed by atoms with Crippen LogP contribution in [-0.4, -0.2) is 17.5 Å². The molecule has 24 heavy (non-hydrogen) atoms. The summed E-state index contributed by atoms with van der Waals surface area (Å²) >= 11 is 1.43. The largest absolute Gasteiger partial charge is 0.483 e. The van der Waals surface area contributed by atoms with Gasteiger partial charge in [-0.3, -0.25) is 4.79 Å². The normalized spacial score (nSPS) is 10.8. The number of nitrogens with zero attached hydrogens (tertiary/aromatic N) is 1. The molecule has 0 bridgehead atoms. The number of hydrogen-bond acceptors (Lipinski definition) is 5. The molecule has 0 saturated carbocycles. The van der Waals surface area contributed by atoms with E-state index in [1.54, 1.807) is 0 Å². The second kappa shape index (κ2) is 6.49. The van der Waals surface area contributed by atoms with Gasteiger partial charge in [0.25, 0.3) is 5.91 Å². The molecule has 0 aliphatic rings. The van der Waals surface area contributed by atoms with Gasteiger partial charge in [0.15, 0.2) is 11.7 Å². The van der Waals surface area contributed by atoms with Crippen LogP contribution in [0.3, 0.4) is 0 Å². The van der Waals surface area contributed by atoms with Crippen molar-refractivity contribution in [2.24, 2.45) is 0 Å². The Kier molecular flexibility index (Phi) is 4.40. The summed E-state index contributed by atoms with van der Waals surface area (Å²) in [4.78, 5) is 16.6. The number of aromatic nitrogens is 1. The molecule has 0 fully saturated rings. The number of nitrogen functional groups attached to an aromatic ring is 1. The standard InChI is InChI=1S/C18H19N3O2S/c1-10-6-4-5-7-14(10)23-9-15(22)21-16-11(2)8-13-17(12(16)3)24-18(19)20-13/h4-8H,9H2,1-3H3,(H2,19,20)(H,21,22). The quantitative estimate of drug-likeness (QED) is 0.756. The highest BCUT2D eigenvalue weighted by Gasteiger charge is 2.14. The highest BCUT2D eigenvalue weighted by atomic mass is 32.1. The van der Waals surface area contributed by atoms with Crippen LogP contribution < -0.4 is 15.8 Å². The molecular formula is C18H19N3O2S. The van der Waals surface area contributed by atoms with Gasteiger partial charge in [-0.15, -0.1) is 0 Å². The second-order valence-corrected chi connectivity index (χ2v) is 6.73. The van der Waals surface area contributed by atoms with Crippen LogP contribution in [-0.2, 0) is 4.79 Å². The molecule has 3 aromatic rings. The zero-order chi connectivity index (χ0) is 17.3. The average molecular weight is 341 g/mol. The number of nitrogens with two attached hydrogens (primary N) is 1. The Labute approximate surface area is 144 Å². The van der Waals surface area contributed by atoms with Crippen LogP contribution in [0, 0.1) is 20.8 Å². The van der Waals surface area contributed by atoms with Crippen LogP contribution in [0.2, 0.25) is 0 Å². The van der Waals surface area contributed by atoms with E-state index in [9.17, 15) is 4.79 Å². The van der Waals surface area contributed by atoms with E-state index in [-0.39, 0.29) is 12.5 Å². The lowest BCUT2D eigenvalue weighted by molar-refractivity contribution is -0.118. The SMILES string of the molecule is Cc1ccccc1OCC(=O)Nc1c(C)cc2nc(N)sc2c1C. The minimum absolute atomic E-state index is 0.0351. The van der Waals surface area contributed by atoms with Gasteiger partial charge in [-0.25, -0.2) is 4.98 Å². The van der Waals surface area contributed by atoms with Gasteiger partial charge in [-0.1, -0.05) is 29.5 Å². The summed E-state index contributed by atoms with van der Waals surface area (Å²) in [7, 11) is 0. The Morgan fingerprint density at radius 3 is 2.75 bits per heavy atom. The van der Waals surface area contributed by atoms with E-state index in [4.69, 9.17) is 10.5 Å². The fourth-order valence-corrected chi connectivity index (χ4v) is 3.45. The van der Waals surface area contributed by atoms with E-state index in [0.29, 0.717) is 10.9 Å². The minimum atomic E-state index is -0.193. The molecule has 3 rings (SSSR count). The summed E-state index contributed by atoms with van der Waals surface area (Å²) in [6.07, 6.45) is 0. The fourth-order valence-electron chi connectivity index (χ4n) is 2.63. The van der Waals surface area contributed by atoms with Gasteiger partial charge in [-0.2, -0.15) is 0 Å². The molecule has 0 aliphatic heterocycles. The van der Waals surface area contributed by atoms with Crippen molar-refractivity contribution < 1.29 is 9.53 Å². The summed E-state index contributed by atoms with van der Waals surface area (Å²) in [5.41, 5.74) is 10.4. The van der Waals surface area contributed by atoms with Crippen molar-refractivity contribution in [1.29, 1.82) is 0 Å². The molecule has 1 heterocycles. The van der Waals surface area contributed by atoms with Crippen molar-refractivity contribution in [3.8, 4) is 5.75 Å². The topological polar surface area (TPSA) is 77.2 Å². The molecule has 0 unspecified atom stereocenters. The van der Waals surface area contributed by atoms with E-state index in [0.717, 1.165) is 32.6 Å². The van der Waals surface area contributed by atoms with Gasteiger partial charge in [-0.05, 0) is 49.6 Å². The van der Waals surface area contributed by atoms with E-state index < -0.39 is 0 Å². The first kappa shape index (κ1) is 16.3. The summed E-state index contributed by atoms with van der Waals surface area (Å²) in [5, 5.41) is 3.47. The first-order valence-corrected chi connectivity index (χ1v) is 8.42. The zero-order valence-electron chi connectivity index (χ0n) is 13.8. The zero-order valence-corrected chi connectivity index (χ0v) is 14.7. The maximum absolute atomic E-state index is 12.3. The number of fused-ring (bicyclic) bond motifs is 1. The van der Waals surface area contributed by atoms with Crippen molar-refractivity contribution in [1.82, 2.24) is 4.98 Å². The van der Waals surface area contributed by atoms with Gasteiger partial charge < -0.3 is 15.8 Å². The first-order valence-electron chi connectivity index (χ1n) is 7.60. The molecule has 0 radical (unpaired) electrons. The molecule has 0 spiro atoms. The first-order chi connectivity index (χ1) is 11.5. The number of benzene rings is 2. The number of nitrogens with one attached hydrogen (secondary N) is 1. The van der Waals surface area contributed by atoms with Crippen LogP contribution in [0.5, 0.6) is 5.75 Å². The third-order valence-electron chi connectivity index (χ3n) is 3.85. The smallest absolute Gasteiger partial charge is 0.262 e. The summed E-state index contributed by atoms with van der Waals surface area (Å²) in [6.45, 7) is 5.82. The van der Waals surface area contributed by atoms with Gasteiger partial charge in [0.05, 0.1) is 10.2 Å². The molecule has 1 amide bonds. The number of anilines is 2. The number of thiazole rings is 1. The monoisotopic (exact) mass is 341 g/mol. The maximum atomic E-state index is 12.3. The lowest BCUT2D eigenvalue weighted by atomic mass is 10.1. The van der Waals surface area contributed by atoms with Crippen LogP contribution in [0.4, 0.5) is 10.8 Å². The van der Waals surface area contributed by atoms with Crippen LogP contribution in [0.15, 0.2) is 30.3 Å². The predicted octanol–water partition coefficient (Wildman–Crippen LogP) is 3.82. The summed E-state index contributed by atoms with van der Waals surface area (Å²) in [5.74, 6) is 0.521. The van der Waals surface area contributed by atoms with Gasteiger partial charge in [0.2, 0.25) is 0 Å². The number of carbonyl (C=O) groups is 1. The second-order valence-electron chi connectivity index (χ2n) is 5.70. The van der Waals surface area contributed by atoms with Crippen molar-refractivity contribution in [2.45, 2.75) is 20.8 Å². The third-order valence-corrected chi connectivity index (χ3v) is 4.87. The molecule has 5 nitrogen and oxygen atoms in total. The molecule has 6 heteroatoms. The van der Waals surface area contributed by atoms with Crippen molar-refractivity contribution in [3.63, 3.8) is 0 Å². The van der Waals surface area contributed by atoms with E-state index in [1.807, 2.05) is 51.1 Å². The number of aryl methyl sites for hydroxylation is 3. The van der Waals surface area contributed by atoms with E-state index >= 15 is 0 Å². The Morgan fingerprint density at radius 2 is 2.00 bits per heavy atom. The highest BCUT2D eigenvalue weighted by molar-refractivity contribution is 7.22. The molecule has 124 valence electrons. The van der Waals surface area contributed by atoms with Crippen LogP contribution in [0.25, 0.3) is 10.2 Å². The van der Waals surface area contributed by atoms with Crippen LogP contribution in [0.1, 0.15) is 16.7 Å². The number of carbonyl (C=O) groups excluding carboxylic acids is 1. The predicted molar refractivity (Wildman–Crippen MR) is 98.8 cm³/mol. The molecule has 2 aromatic carbocycles. The Morgan fingerprint density at radius 1 is 1.25 bits per heavy atom. The fraction of sp³-hybridized carbons (Fsp3) is 0.222. The highest BCUT2D eigenvalue weighted by Crippen LogP contribution is 2.34. The van der Waals surface area contributed by atoms with Crippen LogP contribution >= 0.6 is 11.3 Å². The molecular weight excluding hydrogens is 322 g/mol. The Balaban J connectivity index is 1.77. The molecule has 0 atom stereocenters. The molecule has 0 aliphatic carbocycles. The average Bonchev–Trinajstić information content (AvgIpc) is 2.91. The van der Waals surface area contributed by atoms with Crippen molar-refractivity contribution in [2.75, 3.05) is 17.7 Å². The lowest BCUT2D eigenvalue weighted by Crippen LogP contribution is -2.21. The summed E-state index contributed by atoms with van der Waals surface area (Å²) in [6, 6.07) is 9.56. The maximum Gasteiger partial charge on any atom is 0.262 e. The minimum Gasteiger partial charge on any atom is -0.483 e. The van der Waals surface area contributed by atoms with E-state index in [1.165, 1.54) is 11.3 Å².